The standard InChI is InChI=1S/ClHO4.K.H2/c2-1(3,4)5;;/h(H,2,3,4,5);;1H/q;+1;/p-1. The van der Waals surface area contributed by atoms with Crippen molar-refractivity contribution in [2.75, 3.05) is 0 Å². The second-order valence-corrected chi connectivity index (χ2v) is 1.13. The van der Waals surface area contributed by atoms with Gasteiger partial charge in [0.15, 0.2) is 0 Å². The van der Waals surface area contributed by atoms with E-state index in [2.05, 4.69) is 0 Å². The van der Waals surface area contributed by atoms with Gasteiger partial charge in [0, 0.05) is 1.43 Å². The quantitative estimate of drug-likeness (QED) is 0.313. The first kappa shape index (κ1) is 10.7. The van der Waals surface area contributed by atoms with Gasteiger partial charge < -0.3 is 0 Å². The summed E-state index contributed by atoms with van der Waals surface area (Å²) in [5.74, 6) is 0. The minimum atomic E-state index is -4.94. The monoisotopic (exact) mass is 140 g/mol. The molecule has 0 heterocycles. The molecule has 6 heteroatoms. The maximum absolute atomic E-state index is 8.49. The van der Waals surface area contributed by atoms with Crippen LogP contribution < -0.4 is 70.0 Å². The first-order chi connectivity index (χ1) is 2.00. The molecule has 0 radical (unpaired) electrons. The summed E-state index contributed by atoms with van der Waals surface area (Å²) in [5.41, 5.74) is 0. The Labute approximate surface area is 80.4 Å². The second kappa shape index (κ2) is 3.73. The maximum Gasteiger partial charge on any atom is 1.00 e. The summed E-state index contributed by atoms with van der Waals surface area (Å²) >= 11 is 0. The van der Waals surface area contributed by atoms with E-state index in [0.29, 0.717) is 0 Å². The predicted molar refractivity (Wildman–Crippen MR) is 2.11 cm³/mol. The molecule has 0 atom stereocenters. The summed E-state index contributed by atoms with van der Waals surface area (Å²) < 4.78 is 34.0. The Morgan fingerprint density at radius 1 is 1.00 bits per heavy atom. The van der Waals surface area contributed by atoms with E-state index in [1.807, 2.05) is 0 Å². The van der Waals surface area contributed by atoms with Crippen molar-refractivity contribution in [3.8, 4) is 0 Å². The number of hydrogen-bond acceptors (Lipinski definition) is 4. The number of halogens is 1. The summed E-state index contributed by atoms with van der Waals surface area (Å²) in [5, 5.41) is 0. The first-order valence-corrected chi connectivity index (χ1v) is 1.85. The van der Waals surface area contributed by atoms with Gasteiger partial charge in [-0.2, -0.15) is 0 Å². The van der Waals surface area contributed by atoms with Crippen molar-refractivity contribution in [2.24, 2.45) is 0 Å². The maximum atomic E-state index is 8.49. The fraction of sp³-hybridized carbons (Fsp3) is 0. The van der Waals surface area contributed by atoms with E-state index in [1.54, 1.807) is 0 Å². The van der Waals surface area contributed by atoms with Gasteiger partial charge in [-0.1, -0.05) is 0 Å². The zero-order chi connectivity index (χ0) is 4.50. The van der Waals surface area contributed by atoms with Crippen molar-refractivity contribution in [1.29, 1.82) is 0 Å². The Morgan fingerprint density at radius 3 is 1.00 bits per heavy atom. The van der Waals surface area contributed by atoms with Gasteiger partial charge in [-0.25, -0.2) is 18.6 Å². The van der Waals surface area contributed by atoms with Gasteiger partial charge in [-0.05, 0) is 0 Å². The van der Waals surface area contributed by atoms with Crippen molar-refractivity contribution in [2.45, 2.75) is 0 Å². The smallest absolute Gasteiger partial charge is 0.222 e. The van der Waals surface area contributed by atoms with Gasteiger partial charge in [0.05, 0.1) is 0 Å². The molecule has 0 spiro atoms. The molecule has 0 rings (SSSR count). The molecule has 0 aromatic heterocycles. The average molecular weight is 141 g/mol. The van der Waals surface area contributed by atoms with Gasteiger partial charge in [0.1, 0.15) is 0 Å². The summed E-state index contributed by atoms with van der Waals surface area (Å²) in [6, 6.07) is 0. The normalized spacial score (nSPS) is 10.0. The Balaban J connectivity index is -0.0000000800. The zero-order valence-corrected chi connectivity index (χ0v) is 6.89. The molecule has 4 nitrogen and oxygen atoms in total. The van der Waals surface area contributed by atoms with E-state index in [0.717, 1.165) is 0 Å². The molecule has 34 valence electrons. The minimum absolute atomic E-state index is 0. The molecule has 0 aliphatic carbocycles. The SMILES string of the molecule is [HH].[K+].[O-][Cl+3]([O-])([O-])[O-]. The fourth-order valence-electron chi connectivity index (χ4n) is 0. The molecule has 0 aliphatic heterocycles. The zero-order valence-electron chi connectivity index (χ0n) is 3.01. The van der Waals surface area contributed by atoms with Crippen LogP contribution in [-0.2, 0) is 0 Å². The van der Waals surface area contributed by atoms with Crippen LogP contribution in [0.5, 0.6) is 0 Å². The molecular formula is H2ClKO4. The molecule has 0 aromatic rings. The Morgan fingerprint density at radius 2 is 1.00 bits per heavy atom. The molecule has 0 N–H and O–H groups in total. The van der Waals surface area contributed by atoms with E-state index in [9.17, 15) is 0 Å². The van der Waals surface area contributed by atoms with E-state index >= 15 is 0 Å². The van der Waals surface area contributed by atoms with Gasteiger partial charge >= 0.3 is 51.4 Å². The molecule has 0 aromatic carbocycles. The third-order valence-corrected chi connectivity index (χ3v) is 0. The van der Waals surface area contributed by atoms with Crippen LogP contribution >= 0.6 is 0 Å². The van der Waals surface area contributed by atoms with Crippen LogP contribution in [0.4, 0.5) is 0 Å². The second-order valence-electron chi connectivity index (χ2n) is 0.378. The average Bonchev–Trinajstić information content (AvgIpc) is 0.722. The molecule has 0 bridgehead atoms. The Kier molecular flexibility index (Phi) is 6.65. The largest absolute Gasteiger partial charge is 1.00 e. The van der Waals surface area contributed by atoms with Crippen LogP contribution in [-0.4, -0.2) is 0 Å². The van der Waals surface area contributed by atoms with E-state index in [4.69, 9.17) is 18.6 Å². The van der Waals surface area contributed by atoms with Crippen LogP contribution in [0.3, 0.4) is 0 Å². The van der Waals surface area contributed by atoms with Crippen LogP contribution in [0.25, 0.3) is 0 Å². The molecule has 6 heavy (non-hydrogen) atoms. The van der Waals surface area contributed by atoms with Gasteiger partial charge in [0.25, 0.3) is 0 Å². The van der Waals surface area contributed by atoms with E-state index < -0.39 is 10.2 Å². The predicted octanol–water partition coefficient (Wildman–Crippen LogP) is -7.51. The fourth-order valence-corrected chi connectivity index (χ4v) is 0. The number of hydrogen-bond donors (Lipinski definition) is 0. The molecule has 0 saturated heterocycles. The van der Waals surface area contributed by atoms with Crippen LogP contribution in [0, 0.1) is 10.2 Å². The van der Waals surface area contributed by atoms with E-state index in [-0.39, 0.29) is 52.8 Å². The summed E-state index contributed by atoms with van der Waals surface area (Å²) in [6.45, 7) is 0. The van der Waals surface area contributed by atoms with Crippen LogP contribution in [0.1, 0.15) is 1.43 Å². The van der Waals surface area contributed by atoms with E-state index in [1.165, 1.54) is 0 Å². The Bertz CT molecular complexity index is 27.2. The third kappa shape index (κ3) is 42.0. The molecule has 0 unspecified atom stereocenters. The van der Waals surface area contributed by atoms with Gasteiger partial charge in [-0.15, -0.1) is 10.2 Å². The molecular weight excluding hydrogens is 139 g/mol. The molecule has 0 saturated carbocycles. The summed E-state index contributed by atoms with van der Waals surface area (Å²) in [6.07, 6.45) is 0. The van der Waals surface area contributed by atoms with Crippen molar-refractivity contribution >= 4 is 0 Å². The van der Waals surface area contributed by atoms with Crippen molar-refractivity contribution in [3.05, 3.63) is 0 Å². The minimum Gasteiger partial charge on any atom is -0.222 e. The third-order valence-electron chi connectivity index (χ3n) is 0. The topological polar surface area (TPSA) is 92.2 Å². The molecule has 0 aliphatic rings. The molecule has 0 fully saturated rings. The van der Waals surface area contributed by atoms with Crippen molar-refractivity contribution in [1.82, 2.24) is 0 Å². The van der Waals surface area contributed by atoms with Gasteiger partial charge in [-0.3, -0.25) is 0 Å². The summed E-state index contributed by atoms with van der Waals surface area (Å²) in [7, 11) is -4.94. The van der Waals surface area contributed by atoms with Gasteiger partial charge in [0.2, 0.25) is 0 Å². The molecule has 0 amide bonds. The van der Waals surface area contributed by atoms with Crippen LogP contribution in [0.15, 0.2) is 0 Å². The van der Waals surface area contributed by atoms with Crippen molar-refractivity contribution in [3.63, 3.8) is 0 Å². The first-order valence-electron chi connectivity index (χ1n) is 0.617. The Hall–Kier alpha value is 1.77. The summed E-state index contributed by atoms with van der Waals surface area (Å²) in [4.78, 5) is 0. The van der Waals surface area contributed by atoms with Crippen LogP contribution in [0.2, 0.25) is 0 Å². The van der Waals surface area contributed by atoms with Crippen molar-refractivity contribution < 1.29 is 81.7 Å². The number of rotatable bonds is 0.